The zero-order valence-corrected chi connectivity index (χ0v) is 38.8. The summed E-state index contributed by atoms with van der Waals surface area (Å²) < 4.78 is 7.64. The van der Waals surface area contributed by atoms with Crippen LogP contribution in [0.15, 0.2) is 0 Å². The van der Waals surface area contributed by atoms with Gasteiger partial charge in [-0.05, 0) is 181 Å². The molecule has 12 aliphatic rings. The lowest BCUT2D eigenvalue weighted by molar-refractivity contribution is -0.0776. The fraction of sp³-hybridized carbons (Fsp3) is 1.00. The van der Waals surface area contributed by atoms with E-state index in [0.29, 0.717) is 12.2 Å². The average Bonchev–Trinajstić information content (AvgIpc) is 3.99. The van der Waals surface area contributed by atoms with Gasteiger partial charge in [-0.1, -0.05) is 96.3 Å². The molecule has 15 unspecified atom stereocenters. The van der Waals surface area contributed by atoms with Crippen LogP contribution in [0.3, 0.4) is 0 Å². The van der Waals surface area contributed by atoms with Gasteiger partial charge in [-0.15, -0.1) is 0 Å². The third-order valence-corrected chi connectivity index (χ3v) is 25.7. The van der Waals surface area contributed by atoms with Crippen LogP contribution in [0.4, 0.5) is 0 Å². The number of fused-ring (bicyclic) bond motifs is 10. The van der Waals surface area contributed by atoms with Crippen LogP contribution in [0, 0.1) is 71.0 Å². The van der Waals surface area contributed by atoms with Crippen molar-refractivity contribution >= 4 is 23.5 Å². The lowest BCUT2D eigenvalue weighted by Gasteiger charge is -2.53. The van der Waals surface area contributed by atoms with Crippen molar-refractivity contribution in [3.63, 3.8) is 0 Å². The molecule has 12 fully saturated rings. The van der Waals surface area contributed by atoms with Gasteiger partial charge < -0.3 is 4.74 Å². The minimum absolute atomic E-state index is 0.623. The van der Waals surface area contributed by atoms with Crippen LogP contribution < -0.4 is 0 Å². The highest BCUT2D eigenvalue weighted by atomic mass is 32.2. The summed E-state index contributed by atoms with van der Waals surface area (Å²) in [5.41, 5.74) is 0. The van der Waals surface area contributed by atoms with Crippen molar-refractivity contribution in [3.8, 4) is 0 Å². The fourth-order valence-electron chi connectivity index (χ4n) is 19.5. The van der Waals surface area contributed by atoms with Gasteiger partial charge >= 0.3 is 0 Å². The molecule has 2 nitrogen and oxygen atoms in total. The van der Waals surface area contributed by atoms with Crippen molar-refractivity contribution in [3.05, 3.63) is 0 Å². The highest BCUT2D eigenvalue weighted by Crippen LogP contribution is 2.63. The number of rotatable bonds is 6. The third kappa shape index (κ3) is 7.33. The van der Waals surface area contributed by atoms with E-state index in [1.165, 1.54) is 128 Å². The number of ether oxygens (including phenoxy) is 1. The Hall–Kier alpha value is 0.620. The van der Waals surface area contributed by atoms with E-state index in [0.717, 1.165) is 110 Å². The molecule has 3 heterocycles. The molecule has 9 saturated carbocycles. The summed E-state index contributed by atoms with van der Waals surface area (Å²) in [4.78, 5) is 3.45. The van der Waals surface area contributed by atoms with Crippen LogP contribution in [0.25, 0.3) is 0 Å². The molecule has 0 spiro atoms. The van der Waals surface area contributed by atoms with Crippen LogP contribution in [0.1, 0.15) is 212 Å². The maximum Gasteiger partial charge on any atom is 0.0652 e. The van der Waals surface area contributed by atoms with Crippen LogP contribution in [0.2, 0.25) is 0 Å². The van der Waals surface area contributed by atoms with Gasteiger partial charge in [-0.3, -0.25) is 4.90 Å². The second-order valence-corrected chi connectivity index (χ2v) is 27.0. The standard InChI is InChI=1S/C54H87NOS2/c1-3-12-34(13-4-1)35-24-28-38(29-25-35)55(47-22-11-21-45-44-20-10-18-41(53(44)58-54(45)47)36-14-5-2-6-15-36)39-30-26-37(27-31-39)40-17-9-19-42-43-32-33-49-50(52(43)56-51(40)42)46-16-7-8-23-48(46)57-49/h34-54H,1-33H2. The molecule has 4 heteroatoms. The van der Waals surface area contributed by atoms with Crippen molar-refractivity contribution < 1.29 is 4.74 Å². The van der Waals surface area contributed by atoms with Gasteiger partial charge in [0.05, 0.1) is 12.2 Å². The second kappa shape index (κ2) is 17.5. The molecule has 3 saturated heterocycles. The van der Waals surface area contributed by atoms with Crippen LogP contribution >= 0.6 is 23.5 Å². The van der Waals surface area contributed by atoms with E-state index in [2.05, 4.69) is 28.4 Å². The zero-order valence-electron chi connectivity index (χ0n) is 37.1. The van der Waals surface area contributed by atoms with Crippen LogP contribution in [0.5, 0.6) is 0 Å². The Morgan fingerprint density at radius 3 is 1.60 bits per heavy atom. The van der Waals surface area contributed by atoms with Crippen molar-refractivity contribution in [1.82, 2.24) is 4.90 Å². The van der Waals surface area contributed by atoms with Crippen LogP contribution in [-0.2, 0) is 4.74 Å². The van der Waals surface area contributed by atoms with Crippen molar-refractivity contribution in [2.24, 2.45) is 71.0 Å². The normalized spacial score (nSPS) is 52.6. The summed E-state index contributed by atoms with van der Waals surface area (Å²) in [7, 11) is 0. The van der Waals surface area contributed by atoms with Crippen molar-refractivity contribution in [1.29, 1.82) is 0 Å². The van der Waals surface area contributed by atoms with Crippen LogP contribution in [-0.4, -0.2) is 56.2 Å². The van der Waals surface area contributed by atoms with Gasteiger partial charge in [0.15, 0.2) is 0 Å². The first kappa shape index (κ1) is 40.2. The number of hydrogen-bond donors (Lipinski definition) is 0. The maximum absolute atomic E-state index is 7.64. The SMILES string of the molecule is C1CCC(C2CCC(N(C3CCC(C4CCCC5C6CCC7SC8CCCCC8C7C6OC45)CC3)C3CCCC4C5CCCC(C6CCCCC6)C5SC43)CC2)CC1. The largest absolute Gasteiger partial charge is 0.374 e. The summed E-state index contributed by atoms with van der Waals surface area (Å²) >= 11 is 5.12. The maximum atomic E-state index is 7.64. The topological polar surface area (TPSA) is 12.5 Å². The molecule has 0 N–H and O–H groups in total. The third-order valence-electron chi connectivity index (χ3n) is 21.9. The molecule has 0 amide bonds. The molecule has 0 aromatic heterocycles. The minimum Gasteiger partial charge on any atom is -0.374 e. The first-order chi connectivity index (χ1) is 28.8. The molecule has 15 atom stereocenters. The number of hydrogen-bond acceptors (Lipinski definition) is 4. The average molecular weight is 830 g/mol. The van der Waals surface area contributed by atoms with E-state index in [-0.39, 0.29) is 0 Å². The molecule has 9 aliphatic carbocycles. The van der Waals surface area contributed by atoms with E-state index in [1.54, 1.807) is 83.5 Å². The van der Waals surface area contributed by atoms with E-state index < -0.39 is 0 Å². The van der Waals surface area contributed by atoms with Gasteiger partial charge in [-0.2, -0.15) is 23.5 Å². The highest BCUT2D eigenvalue weighted by Gasteiger charge is 2.60. The zero-order chi connectivity index (χ0) is 38.2. The smallest absolute Gasteiger partial charge is 0.0652 e. The monoisotopic (exact) mass is 830 g/mol. The van der Waals surface area contributed by atoms with E-state index in [9.17, 15) is 0 Å². The highest BCUT2D eigenvalue weighted by molar-refractivity contribution is 8.01. The molecule has 0 aromatic rings. The van der Waals surface area contributed by atoms with Crippen molar-refractivity contribution in [2.45, 2.75) is 263 Å². The molecule has 326 valence electrons. The van der Waals surface area contributed by atoms with E-state index >= 15 is 0 Å². The number of thioether (sulfide) groups is 2. The summed E-state index contributed by atoms with van der Waals surface area (Å²) in [6.07, 6.45) is 52.0. The second-order valence-electron chi connectivity index (χ2n) is 24.2. The predicted molar refractivity (Wildman–Crippen MR) is 246 cm³/mol. The Balaban J connectivity index is 0.762. The molecule has 3 aliphatic heterocycles. The molecule has 58 heavy (non-hydrogen) atoms. The van der Waals surface area contributed by atoms with Gasteiger partial charge in [0, 0.05) is 45.0 Å². The Bertz CT molecular complexity index is 1360. The Morgan fingerprint density at radius 1 is 0.310 bits per heavy atom. The van der Waals surface area contributed by atoms with Gasteiger partial charge in [0.2, 0.25) is 0 Å². The summed E-state index contributed by atoms with van der Waals surface area (Å²) in [6, 6.07) is 2.66. The van der Waals surface area contributed by atoms with Crippen molar-refractivity contribution in [2.75, 3.05) is 0 Å². The molecular weight excluding hydrogens is 743 g/mol. The molecule has 12 rings (SSSR count). The quantitative estimate of drug-likeness (QED) is 0.264. The number of nitrogens with zero attached hydrogens (tertiary/aromatic N) is 1. The lowest BCUT2D eigenvalue weighted by Crippen LogP contribution is -2.57. The van der Waals surface area contributed by atoms with Gasteiger partial charge in [-0.25, -0.2) is 0 Å². The Labute approximate surface area is 365 Å². The molecule has 0 aromatic carbocycles. The Morgan fingerprint density at radius 2 is 0.845 bits per heavy atom. The minimum atomic E-state index is 0.623. The molecule has 0 radical (unpaired) electrons. The fourth-order valence-corrected chi connectivity index (χ4v) is 24.1. The van der Waals surface area contributed by atoms with E-state index in [4.69, 9.17) is 4.74 Å². The summed E-state index contributed by atoms with van der Waals surface area (Å²) in [6.45, 7) is 0. The molecule has 0 bridgehead atoms. The van der Waals surface area contributed by atoms with Gasteiger partial charge in [0.1, 0.15) is 0 Å². The first-order valence-electron chi connectivity index (χ1n) is 27.5. The summed E-state index contributed by atoms with van der Waals surface area (Å²) in [5.74, 6) is 11.9. The summed E-state index contributed by atoms with van der Waals surface area (Å²) in [5, 5.41) is 3.89. The van der Waals surface area contributed by atoms with Gasteiger partial charge in [0.25, 0.3) is 0 Å². The molecular formula is C54H87NOS2. The Kier molecular flexibility index (Phi) is 12.1. The first-order valence-corrected chi connectivity index (χ1v) is 29.4. The predicted octanol–water partition coefficient (Wildman–Crippen LogP) is 14.5. The lowest BCUT2D eigenvalue weighted by atomic mass is 9.62. The van der Waals surface area contributed by atoms with E-state index in [1.807, 2.05) is 0 Å².